The number of nitrogens with one attached hydrogen (secondary N) is 1. The number of amides is 1. The molecule has 2 aromatic carbocycles. The third kappa shape index (κ3) is 6.45. The number of benzene rings is 2. The molecular formula is C22H29ClN2O4S. The van der Waals surface area contributed by atoms with Gasteiger partial charge in [0.05, 0.1) is 0 Å². The summed E-state index contributed by atoms with van der Waals surface area (Å²) in [7, 11) is -3.78. The Labute approximate surface area is 184 Å². The van der Waals surface area contributed by atoms with E-state index in [1.807, 2.05) is 24.3 Å². The zero-order valence-corrected chi connectivity index (χ0v) is 19.2. The van der Waals surface area contributed by atoms with Gasteiger partial charge in [-0.2, -0.15) is 4.31 Å². The summed E-state index contributed by atoms with van der Waals surface area (Å²) >= 11 is 6.01. The Bertz CT molecular complexity index is 942. The predicted octanol–water partition coefficient (Wildman–Crippen LogP) is 4.73. The number of carbonyl (C=O) groups excluding carboxylic acids is 1. The molecule has 0 heterocycles. The molecule has 0 radical (unpaired) electrons. The number of nitrogens with zero attached hydrogens (tertiary/aromatic N) is 1. The van der Waals surface area contributed by atoms with E-state index in [0.29, 0.717) is 18.8 Å². The highest BCUT2D eigenvalue weighted by molar-refractivity contribution is 7.89. The van der Waals surface area contributed by atoms with Gasteiger partial charge >= 0.3 is 0 Å². The summed E-state index contributed by atoms with van der Waals surface area (Å²) in [4.78, 5) is 12.2. The largest absolute Gasteiger partial charge is 0.482 e. The summed E-state index contributed by atoms with van der Waals surface area (Å²) in [5, 5.41) is 3.04. The molecule has 0 aromatic heterocycles. The van der Waals surface area contributed by atoms with E-state index in [9.17, 15) is 13.2 Å². The van der Waals surface area contributed by atoms with Crippen molar-refractivity contribution in [3.63, 3.8) is 0 Å². The lowest BCUT2D eigenvalue weighted by atomic mass is 10.1. The first kappa shape index (κ1) is 24.2. The van der Waals surface area contributed by atoms with Gasteiger partial charge in [0.1, 0.15) is 10.6 Å². The van der Waals surface area contributed by atoms with Crippen LogP contribution in [0.1, 0.15) is 39.2 Å². The van der Waals surface area contributed by atoms with E-state index in [2.05, 4.69) is 12.2 Å². The van der Waals surface area contributed by atoms with Gasteiger partial charge in [0.15, 0.2) is 6.61 Å². The molecule has 0 bridgehead atoms. The minimum absolute atomic E-state index is 0.0493. The lowest BCUT2D eigenvalue weighted by molar-refractivity contribution is -0.118. The van der Waals surface area contributed by atoms with Crippen LogP contribution < -0.4 is 10.1 Å². The van der Waals surface area contributed by atoms with Crippen LogP contribution in [0.25, 0.3) is 0 Å². The van der Waals surface area contributed by atoms with Crippen molar-refractivity contribution >= 4 is 33.2 Å². The Morgan fingerprint density at radius 1 is 1.07 bits per heavy atom. The highest BCUT2D eigenvalue weighted by Gasteiger charge is 2.26. The summed E-state index contributed by atoms with van der Waals surface area (Å²) in [6.07, 6.45) is 3.26. The van der Waals surface area contributed by atoms with Crippen molar-refractivity contribution < 1.29 is 17.9 Å². The summed E-state index contributed by atoms with van der Waals surface area (Å²) in [5.41, 5.74) is 1.88. The summed E-state index contributed by atoms with van der Waals surface area (Å²) in [5.74, 6) is -0.284. The normalized spacial score (nSPS) is 11.5. The van der Waals surface area contributed by atoms with Crippen LogP contribution >= 0.6 is 11.6 Å². The van der Waals surface area contributed by atoms with E-state index in [1.54, 1.807) is 13.8 Å². The lowest BCUT2D eigenvalue weighted by Crippen LogP contribution is -2.31. The van der Waals surface area contributed by atoms with Crippen LogP contribution in [0.2, 0.25) is 5.02 Å². The van der Waals surface area contributed by atoms with Crippen LogP contribution in [-0.4, -0.2) is 38.3 Å². The molecule has 0 aliphatic carbocycles. The monoisotopic (exact) mass is 452 g/mol. The molecule has 0 saturated heterocycles. The number of halogens is 1. The molecule has 0 saturated carbocycles. The van der Waals surface area contributed by atoms with Crippen molar-refractivity contribution in [2.24, 2.45) is 0 Å². The standard InChI is InChI=1S/C22H29ClN2O4S/c1-4-7-8-17-9-12-19(13-10-17)24-22(26)16-29-20-14-11-18(23)15-21(20)30(27,28)25(5-2)6-3/h9-15H,4-8,16H2,1-3H3,(H,24,26). The van der Waals surface area contributed by atoms with E-state index in [4.69, 9.17) is 16.3 Å². The summed E-state index contributed by atoms with van der Waals surface area (Å²) in [6.45, 7) is 5.98. The van der Waals surface area contributed by atoms with Gasteiger partial charge in [-0.3, -0.25) is 4.79 Å². The van der Waals surface area contributed by atoms with Gasteiger partial charge in [-0.25, -0.2) is 8.42 Å². The minimum Gasteiger partial charge on any atom is -0.482 e. The molecular weight excluding hydrogens is 424 g/mol. The number of unbranched alkanes of at least 4 members (excludes halogenated alkanes) is 1. The number of sulfonamides is 1. The average molecular weight is 453 g/mol. The molecule has 0 atom stereocenters. The molecule has 0 aliphatic heterocycles. The quantitative estimate of drug-likeness (QED) is 0.534. The second-order valence-electron chi connectivity index (χ2n) is 6.82. The van der Waals surface area contributed by atoms with E-state index in [-0.39, 0.29) is 28.2 Å². The fourth-order valence-corrected chi connectivity index (χ4v) is 4.83. The predicted molar refractivity (Wildman–Crippen MR) is 121 cm³/mol. The Kier molecular flexibility index (Phi) is 9.14. The van der Waals surface area contributed by atoms with Crippen LogP contribution in [0.3, 0.4) is 0 Å². The van der Waals surface area contributed by atoms with Gasteiger partial charge in [-0.15, -0.1) is 0 Å². The summed E-state index contributed by atoms with van der Waals surface area (Å²) < 4.78 is 32.7. The zero-order valence-electron chi connectivity index (χ0n) is 17.7. The van der Waals surface area contributed by atoms with E-state index >= 15 is 0 Å². The van der Waals surface area contributed by atoms with Gasteiger partial charge in [0.25, 0.3) is 5.91 Å². The van der Waals surface area contributed by atoms with Crippen molar-refractivity contribution in [2.45, 2.75) is 44.9 Å². The molecule has 1 amide bonds. The van der Waals surface area contributed by atoms with Crippen molar-refractivity contribution in [1.29, 1.82) is 0 Å². The molecule has 0 aliphatic rings. The third-order valence-corrected chi connectivity index (χ3v) is 6.95. The maximum absolute atomic E-state index is 12.9. The molecule has 8 heteroatoms. The molecule has 0 spiro atoms. The van der Waals surface area contributed by atoms with Gasteiger partial charge in [-0.05, 0) is 48.7 Å². The van der Waals surface area contributed by atoms with Gasteiger partial charge in [0, 0.05) is 23.8 Å². The van der Waals surface area contributed by atoms with Crippen LogP contribution in [0.15, 0.2) is 47.4 Å². The van der Waals surface area contributed by atoms with Crippen LogP contribution in [0.5, 0.6) is 5.75 Å². The molecule has 164 valence electrons. The highest BCUT2D eigenvalue weighted by atomic mass is 35.5. The topological polar surface area (TPSA) is 75.7 Å². The number of carbonyl (C=O) groups is 1. The van der Waals surface area contributed by atoms with Gasteiger partial charge < -0.3 is 10.1 Å². The number of hydrogen-bond acceptors (Lipinski definition) is 4. The number of aryl methyl sites for hydroxylation is 1. The Hall–Kier alpha value is -2.09. The number of ether oxygens (including phenoxy) is 1. The smallest absolute Gasteiger partial charge is 0.262 e. The Morgan fingerprint density at radius 2 is 1.73 bits per heavy atom. The number of hydrogen-bond donors (Lipinski definition) is 1. The molecule has 0 unspecified atom stereocenters. The van der Waals surface area contributed by atoms with E-state index in [1.165, 1.54) is 28.1 Å². The SMILES string of the molecule is CCCCc1ccc(NC(=O)COc2ccc(Cl)cc2S(=O)(=O)N(CC)CC)cc1. The first-order valence-electron chi connectivity index (χ1n) is 10.1. The van der Waals surface area contributed by atoms with E-state index in [0.717, 1.165) is 19.3 Å². The maximum Gasteiger partial charge on any atom is 0.262 e. The van der Waals surface area contributed by atoms with Crippen LogP contribution in [-0.2, 0) is 21.2 Å². The Morgan fingerprint density at radius 3 is 2.33 bits per heavy atom. The van der Waals surface area contributed by atoms with Gasteiger partial charge in [0.2, 0.25) is 10.0 Å². The lowest BCUT2D eigenvalue weighted by Gasteiger charge is -2.20. The van der Waals surface area contributed by atoms with Crippen LogP contribution in [0.4, 0.5) is 5.69 Å². The molecule has 6 nitrogen and oxygen atoms in total. The minimum atomic E-state index is -3.78. The number of anilines is 1. The van der Waals surface area contributed by atoms with Crippen molar-refractivity contribution in [3.05, 3.63) is 53.1 Å². The maximum atomic E-state index is 12.9. The fraction of sp³-hybridized carbons (Fsp3) is 0.409. The average Bonchev–Trinajstić information content (AvgIpc) is 2.73. The molecule has 2 rings (SSSR count). The van der Waals surface area contributed by atoms with Crippen molar-refractivity contribution in [2.75, 3.05) is 25.0 Å². The molecule has 2 aromatic rings. The fourth-order valence-electron chi connectivity index (χ4n) is 2.98. The first-order valence-corrected chi connectivity index (χ1v) is 11.9. The van der Waals surface area contributed by atoms with E-state index < -0.39 is 10.0 Å². The molecule has 1 N–H and O–H groups in total. The van der Waals surface area contributed by atoms with Crippen molar-refractivity contribution in [1.82, 2.24) is 4.31 Å². The first-order chi connectivity index (χ1) is 14.3. The highest BCUT2D eigenvalue weighted by Crippen LogP contribution is 2.30. The Balaban J connectivity index is 2.07. The van der Waals surface area contributed by atoms with Crippen LogP contribution in [0, 0.1) is 0 Å². The van der Waals surface area contributed by atoms with Gasteiger partial charge in [-0.1, -0.05) is 50.9 Å². The molecule has 0 fully saturated rings. The zero-order chi connectivity index (χ0) is 22.1. The second kappa shape index (κ2) is 11.3. The third-order valence-electron chi connectivity index (χ3n) is 4.64. The van der Waals surface area contributed by atoms with Crippen molar-refractivity contribution in [3.8, 4) is 5.75 Å². The molecule has 30 heavy (non-hydrogen) atoms. The number of rotatable bonds is 11. The summed E-state index contributed by atoms with van der Waals surface area (Å²) in [6, 6.07) is 12.0. The second-order valence-corrected chi connectivity index (χ2v) is 9.16.